The summed E-state index contributed by atoms with van der Waals surface area (Å²) in [5.41, 5.74) is 1.23. The Kier molecular flexibility index (Phi) is 3.83. The molecule has 2 fully saturated rings. The van der Waals surface area contributed by atoms with Gasteiger partial charge in [0.25, 0.3) is 0 Å². The number of nitrogens with zero attached hydrogens (tertiary/aromatic N) is 1. The highest BCUT2D eigenvalue weighted by molar-refractivity contribution is 9.10. The summed E-state index contributed by atoms with van der Waals surface area (Å²) >= 11 is 9.70. The van der Waals surface area contributed by atoms with E-state index >= 15 is 0 Å². The van der Waals surface area contributed by atoms with Crippen molar-refractivity contribution in [1.29, 1.82) is 0 Å². The topological polar surface area (TPSA) is 15.3 Å². The van der Waals surface area contributed by atoms with Crippen molar-refractivity contribution in [3.63, 3.8) is 0 Å². The summed E-state index contributed by atoms with van der Waals surface area (Å²) < 4.78 is 1.14. The molecule has 0 bridgehead atoms. The third-order valence-corrected chi connectivity index (χ3v) is 4.71. The number of benzene rings is 1. The van der Waals surface area contributed by atoms with E-state index in [0.717, 1.165) is 34.5 Å². The molecule has 1 aromatic carbocycles. The molecule has 1 N–H and O–H groups in total. The second-order valence-electron chi connectivity index (χ2n) is 5.38. The summed E-state index contributed by atoms with van der Waals surface area (Å²) in [6.45, 7) is 3.44. The van der Waals surface area contributed by atoms with Crippen molar-refractivity contribution in [2.24, 2.45) is 5.92 Å². The van der Waals surface area contributed by atoms with Crippen LogP contribution in [0.4, 0.5) is 5.69 Å². The van der Waals surface area contributed by atoms with Crippen molar-refractivity contribution in [3.8, 4) is 0 Å². The van der Waals surface area contributed by atoms with Gasteiger partial charge in [0, 0.05) is 28.6 Å². The number of hydrogen-bond donors (Lipinski definition) is 1. The number of halogens is 2. The highest BCUT2D eigenvalue weighted by atomic mass is 79.9. The van der Waals surface area contributed by atoms with Crippen molar-refractivity contribution >= 4 is 33.2 Å². The van der Waals surface area contributed by atoms with E-state index in [2.05, 4.69) is 32.2 Å². The molecule has 1 aliphatic carbocycles. The number of rotatable bonds is 4. The average molecular weight is 330 g/mol. The molecule has 1 saturated carbocycles. The fraction of sp³-hybridized carbons (Fsp3) is 0.571. The molecule has 18 heavy (non-hydrogen) atoms. The molecule has 2 nitrogen and oxygen atoms in total. The lowest BCUT2D eigenvalue weighted by Gasteiger charge is -2.20. The Morgan fingerprint density at radius 3 is 2.94 bits per heavy atom. The third-order valence-electron chi connectivity index (χ3n) is 3.81. The van der Waals surface area contributed by atoms with Crippen LogP contribution in [0, 0.1) is 5.92 Å². The van der Waals surface area contributed by atoms with Gasteiger partial charge in [-0.05, 0) is 65.9 Å². The molecule has 1 heterocycles. The Hall–Kier alpha value is -0.250. The second-order valence-corrected chi connectivity index (χ2v) is 6.67. The minimum atomic E-state index is 0.775. The molecular weight excluding hydrogens is 312 g/mol. The maximum atomic E-state index is 6.08. The van der Waals surface area contributed by atoms with Crippen LogP contribution >= 0.6 is 27.5 Å². The molecule has 0 amide bonds. The van der Waals surface area contributed by atoms with E-state index in [4.69, 9.17) is 11.6 Å². The van der Waals surface area contributed by atoms with Gasteiger partial charge < -0.3 is 10.2 Å². The molecule has 0 radical (unpaired) electrons. The Morgan fingerprint density at radius 2 is 2.17 bits per heavy atom. The first kappa shape index (κ1) is 12.8. The molecule has 0 spiro atoms. The SMILES string of the molecule is Clc1ccc(Br)c(N2CCC(CNC3CC3)C2)c1. The zero-order valence-corrected chi connectivity index (χ0v) is 12.7. The fourth-order valence-electron chi connectivity index (χ4n) is 2.57. The maximum Gasteiger partial charge on any atom is 0.0525 e. The van der Waals surface area contributed by atoms with Gasteiger partial charge in [0.1, 0.15) is 0 Å². The van der Waals surface area contributed by atoms with Gasteiger partial charge >= 0.3 is 0 Å². The van der Waals surface area contributed by atoms with Crippen molar-refractivity contribution in [2.75, 3.05) is 24.5 Å². The van der Waals surface area contributed by atoms with Gasteiger partial charge in [-0.25, -0.2) is 0 Å². The number of anilines is 1. The Labute approximate surface area is 122 Å². The number of hydrogen-bond acceptors (Lipinski definition) is 2. The lowest BCUT2D eigenvalue weighted by atomic mass is 10.1. The quantitative estimate of drug-likeness (QED) is 0.906. The predicted molar refractivity (Wildman–Crippen MR) is 80.5 cm³/mol. The fourth-order valence-corrected chi connectivity index (χ4v) is 3.23. The summed E-state index contributed by atoms with van der Waals surface area (Å²) in [7, 11) is 0. The van der Waals surface area contributed by atoms with Gasteiger partial charge in [-0.3, -0.25) is 0 Å². The molecule has 3 rings (SSSR count). The van der Waals surface area contributed by atoms with Crippen LogP contribution in [-0.2, 0) is 0 Å². The summed E-state index contributed by atoms with van der Waals surface area (Å²) in [6.07, 6.45) is 4.02. The van der Waals surface area contributed by atoms with E-state index in [1.807, 2.05) is 12.1 Å². The summed E-state index contributed by atoms with van der Waals surface area (Å²) in [5, 5.41) is 4.44. The van der Waals surface area contributed by atoms with Crippen LogP contribution in [-0.4, -0.2) is 25.7 Å². The maximum absolute atomic E-state index is 6.08. The molecule has 98 valence electrons. The van der Waals surface area contributed by atoms with Gasteiger partial charge in [0.15, 0.2) is 0 Å². The first-order valence-electron chi connectivity index (χ1n) is 6.66. The minimum absolute atomic E-state index is 0.775. The smallest absolute Gasteiger partial charge is 0.0525 e. The van der Waals surface area contributed by atoms with Crippen LogP contribution in [0.25, 0.3) is 0 Å². The van der Waals surface area contributed by atoms with Gasteiger partial charge in [-0.15, -0.1) is 0 Å². The molecule has 1 saturated heterocycles. The summed E-state index contributed by atoms with van der Waals surface area (Å²) in [5.74, 6) is 0.775. The molecule has 1 unspecified atom stereocenters. The monoisotopic (exact) mass is 328 g/mol. The van der Waals surface area contributed by atoms with E-state index in [0.29, 0.717) is 0 Å². The van der Waals surface area contributed by atoms with E-state index < -0.39 is 0 Å². The molecule has 1 aromatic rings. The molecule has 1 atom stereocenters. The Bertz CT molecular complexity index is 434. The first-order valence-corrected chi connectivity index (χ1v) is 7.83. The van der Waals surface area contributed by atoms with Crippen LogP contribution in [0.5, 0.6) is 0 Å². The molecule has 4 heteroatoms. The van der Waals surface area contributed by atoms with E-state index in [1.54, 1.807) is 0 Å². The number of nitrogens with one attached hydrogen (secondary N) is 1. The lowest BCUT2D eigenvalue weighted by Crippen LogP contribution is -2.27. The molecule has 0 aromatic heterocycles. The zero-order valence-electron chi connectivity index (χ0n) is 10.3. The first-order chi connectivity index (χ1) is 8.72. The van der Waals surface area contributed by atoms with E-state index in [-0.39, 0.29) is 0 Å². The zero-order chi connectivity index (χ0) is 12.5. The third kappa shape index (κ3) is 3.01. The summed E-state index contributed by atoms with van der Waals surface area (Å²) in [4.78, 5) is 2.44. The Balaban J connectivity index is 1.61. The molecule has 1 aliphatic heterocycles. The van der Waals surface area contributed by atoms with Crippen LogP contribution in [0.15, 0.2) is 22.7 Å². The van der Waals surface area contributed by atoms with E-state index in [1.165, 1.54) is 31.5 Å². The van der Waals surface area contributed by atoms with Crippen LogP contribution in [0.2, 0.25) is 5.02 Å². The minimum Gasteiger partial charge on any atom is -0.370 e. The highest BCUT2D eigenvalue weighted by Crippen LogP contribution is 2.33. The normalized spacial score (nSPS) is 23.7. The van der Waals surface area contributed by atoms with Crippen molar-refractivity contribution in [2.45, 2.75) is 25.3 Å². The van der Waals surface area contributed by atoms with Crippen molar-refractivity contribution in [3.05, 3.63) is 27.7 Å². The largest absolute Gasteiger partial charge is 0.370 e. The summed E-state index contributed by atoms with van der Waals surface area (Å²) in [6, 6.07) is 6.84. The predicted octanol–water partition coefficient (Wildman–Crippen LogP) is 3.68. The van der Waals surface area contributed by atoms with Crippen LogP contribution in [0.3, 0.4) is 0 Å². The van der Waals surface area contributed by atoms with E-state index in [9.17, 15) is 0 Å². The van der Waals surface area contributed by atoms with Gasteiger partial charge in [0.2, 0.25) is 0 Å². The van der Waals surface area contributed by atoms with Crippen molar-refractivity contribution in [1.82, 2.24) is 5.32 Å². The average Bonchev–Trinajstić information content (AvgIpc) is 3.08. The Morgan fingerprint density at radius 1 is 1.33 bits per heavy atom. The lowest BCUT2D eigenvalue weighted by molar-refractivity contribution is 0.515. The highest BCUT2D eigenvalue weighted by Gasteiger charge is 2.27. The molecular formula is C14H18BrClN2. The van der Waals surface area contributed by atoms with Gasteiger partial charge in [-0.2, -0.15) is 0 Å². The van der Waals surface area contributed by atoms with Gasteiger partial charge in [-0.1, -0.05) is 11.6 Å². The van der Waals surface area contributed by atoms with Gasteiger partial charge in [0.05, 0.1) is 5.69 Å². The van der Waals surface area contributed by atoms with Crippen LogP contribution in [0.1, 0.15) is 19.3 Å². The standard InChI is InChI=1S/C14H18BrClN2/c15-13-4-1-11(16)7-14(13)18-6-5-10(9-18)8-17-12-2-3-12/h1,4,7,10,12,17H,2-3,5-6,8-9H2. The second kappa shape index (κ2) is 5.40. The van der Waals surface area contributed by atoms with Crippen LogP contribution < -0.4 is 10.2 Å². The molecule has 2 aliphatic rings. The van der Waals surface area contributed by atoms with Crippen molar-refractivity contribution < 1.29 is 0 Å².